The number of nitrogens with zero attached hydrogens (tertiary/aromatic N) is 2. The highest BCUT2D eigenvalue weighted by atomic mass is 35.5. The van der Waals surface area contributed by atoms with Crippen LogP contribution < -0.4 is 4.90 Å². The topological polar surface area (TPSA) is 36.7 Å². The molecule has 156 valence electrons. The monoisotopic (exact) mass is 422 g/mol. The van der Waals surface area contributed by atoms with Crippen molar-refractivity contribution in [2.45, 2.75) is 38.8 Å². The number of furan rings is 1. The molecule has 1 aromatic heterocycles. The SMILES string of the molecule is CCc1ccc(N(C(=O)c2ccco2)C2CCN(Cc3ccccc3Cl)CC2)cc1. The third kappa shape index (κ3) is 4.61. The van der Waals surface area contributed by atoms with Crippen molar-refractivity contribution >= 4 is 23.2 Å². The van der Waals surface area contributed by atoms with Crippen molar-refractivity contribution < 1.29 is 9.21 Å². The zero-order valence-electron chi connectivity index (χ0n) is 17.3. The Morgan fingerprint density at radius 1 is 1.07 bits per heavy atom. The maximum atomic E-state index is 13.3. The van der Waals surface area contributed by atoms with Gasteiger partial charge in [0.15, 0.2) is 5.76 Å². The summed E-state index contributed by atoms with van der Waals surface area (Å²) < 4.78 is 5.43. The van der Waals surface area contributed by atoms with E-state index in [1.807, 2.05) is 23.1 Å². The molecular weight excluding hydrogens is 396 g/mol. The molecule has 0 saturated carbocycles. The van der Waals surface area contributed by atoms with Gasteiger partial charge in [0.25, 0.3) is 5.91 Å². The van der Waals surface area contributed by atoms with Gasteiger partial charge in [0.05, 0.1) is 6.26 Å². The molecule has 1 amide bonds. The van der Waals surface area contributed by atoms with E-state index < -0.39 is 0 Å². The zero-order chi connectivity index (χ0) is 20.9. The first-order valence-electron chi connectivity index (χ1n) is 10.6. The molecule has 0 spiro atoms. The van der Waals surface area contributed by atoms with Crippen molar-refractivity contribution in [2.75, 3.05) is 18.0 Å². The van der Waals surface area contributed by atoms with Crippen LogP contribution in [0.2, 0.25) is 5.02 Å². The number of benzene rings is 2. The van der Waals surface area contributed by atoms with Gasteiger partial charge in [-0.3, -0.25) is 9.69 Å². The van der Waals surface area contributed by atoms with Crippen LogP contribution in [-0.4, -0.2) is 29.9 Å². The van der Waals surface area contributed by atoms with E-state index in [1.54, 1.807) is 18.4 Å². The summed E-state index contributed by atoms with van der Waals surface area (Å²) in [5.41, 5.74) is 3.34. The third-order valence-corrected chi connectivity index (χ3v) is 6.22. The summed E-state index contributed by atoms with van der Waals surface area (Å²) >= 11 is 6.34. The number of carbonyl (C=O) groups is 1. The number of piperidine rings is 1. The van der Waals surface area contributed by atoms with Crippen LogP contribution in [0.4, 0.5) is 5.69 Å². The average molecular weight is 423 g/mol. The van der Waals surface area contributed by atoms with Crippen LogP contribution in [0, 0.1) is 0 Å². The molecule has 30 heavy (non-hydrogen) atoms. The largest absolute Gasteiger partial charge is 0.459 e. The molecule has 1 fully saturated rings. The van der Waals surface area contributed by atoms with Crippen LogP contribution in [-0.2, 0) is 13.0 Å². The van der Waals surface area contributed by atoms with Crippen molar-refractivity contribution in [2.24, 2.45) is 0 Å². The number of anilines is 1. The third-order valence-electron chi connectivity index (χ3n) is 5.85. The number of aryl methyl sites for hydroxylation is 1. The van der Waals surface area contributed by atoms with Crippen molar-refractivity contribution in [3.63, 3.8) is 0 Å². The van der Waals surface area contributed by atoms with E-state index in [9.17, 15) is 4.79 Å². The van der Waals surface area contributed by atoms with Gasteiger partial charge in [-0.05, 0) is 60.7 Å². The Hall–Kier alpha value is -2.56. The Balaban J connectivity index is 1.50. The van der Waals surface area contributed by atoms with E-state index in [2.05, 4.69) is 42.2 Å². The molecule has 5 heteroatoms. The molecule has 1 saturated heterocycles. The summed E-state index contributed by atoms with van der Waals surface area (Å²) in [5, 5.41) is 0.810. The average Bonchev–Trinajstić information content (AvgIpc) is 3.32. The number of rotatable bonds is 6. The summed E-state index contributed by atoms with van der Waals surface area (Å²) in [5.74, 6) is 0.307. The van der Waals surface area contributed by atoms with Crippen molar-refractivity contribution in [1.29, 1.82) is 0 Å². The maximum Gasteiger partial charge on any atom is 0.294 e. The molecule has 2 heterocycles. The number of likely N-dealkylation sites (tertiary alicyclic amines) is 1. The molecule has 0 unspecified atom stereocenters. The summed E-state index contributed by atoms with van der Waals surface area (Å²) in [7, 11) is 0. The number of halogens is 1. The van der Waals surface area contributed by atoms with Gasteiger partial charge in [-0.2, -0.15) is 0 Å². The highest BCUT2D eigenvalue weighted by Crippen LogP contribution is 2.28. The number of carbonyl (C=O) groups excluding carboxylic acids is 1. The number of amides is 1. The highest BCUT2D eigenvalue weighted by molar-refractivity contribution is 6.31. The molecule has 0 bridgehead atoms. The molecular formula is C25H27ClN2O2. The van der Waals surface area contributed by atoms with Crippen LogP contribution in [0.25, 0.3) is 0 Å². The molecule has 0 N–H and O–H groups in total. The molecule has 1 aliphatic heterocycles. The van der Waals surface area contributed by atoms with Crippen LogP contribution in [0.5, 0.6) is 0 Å². The second-order valence-electron chi connectivity index (χ2n) is 7.77. The van der Waals surface area contributed by atoms with E-state index in [0.29, 0.717) is 5.76 Å². The molecule has 0 atom stereocenters. The van der Waals surface area contributed by atoms with Gasteiger partial charge in [0.2, 0.25) is 0 Å². The van der Waals surface area contributed by atoms with Gasteiger partial charge < -0.3 is 9.32 Å². The van der Waals surface area contributed by atoms with Crippen LogP contribution in [0.15, 0.2) is 71.3 Å². The Morgan fingerprint density at radius 2 is 1.80 bits per heavy atom. The van der Waals surface area contributed by atoms with E-state index in [-0.39, 0.29) is 11.9 Å². The standard InChI is InChI=1S/C25H27ClN2O2/c1-2-19-9-11-21(12-10-19)28(25(29)24-8-5-17-30-24)22-13-15-27(16-14-22)18-20-6-3-4-7-23(20)26/h3-12,17,22H,2,13-16,18H2,1H3. The fraction of sp³-hybridized carbons (Fsp3) is 0.320. The van der Waals surface area contributed by atoms with Gasteiger partial charge in [-0.25, -0.2) is 0 Å². The molecule has 2 aromatic carbocycles. The fourth-order valence-corrected chi connectivity index (χ4v) is 4.30. The summed E-state index contributed by atoms with van der Waals surface area (Å²) in [6.45, 7) is 4.81. The minimum atomic E-state index is -0.0752. The van der Waals surface area contributed by atoms with Gasteiger partial charge in [-0.15, -0.1) is 0 Å². The van der Waals surface area contributed by atoms with E-state index in [1.165, 1.54) is 5.56 Å². The fourth-order valence-electron chi connectivity index (χ4n) is 4.11. The molecule has 4 nitrogen and oxygen atoms in total. The Bertz CT molecular complexity index is 961. The Labute approximate surface area is 183 Å². The van der Waals surface area contributed by atoms with Gasteiger partial charge >= 0.3 is 0 Å². The molecule has 0 radical (unpaired) electrons. The van der Waals surface area contributed by atoms with Gasteiger partial charge in [0, 0.05) is 36.4 Å². The van der Waals surface area contributed by atoms with Crippen molar-refractivity contribution in [1.82, 2.24) is 4.90 Å². The maximum absolute atomic E-state index is 13.3. The van der Waals surface area contributed by atoms with Gasteiger partial charge in [0.1, 0.15) is 0 Å². The highest BCUT2D eigenvalue weighted by Gasteiger charge is 2.31. The second-order valence-corrected chi connectivity index (χ2v) is 8.18. The molecule has 3 aromatic rings. The van der Waals surface area contributed by atoms with E-state index in [4.69, 9.17) is 16.0 Å². The van der Waals surface area contributed by atoms with Crippen molar-refractivity contribution in [3.05, 3.63) is 88.8 Å². The van der Waals surface area contributed by atoms with E-state index in [0.717, 1.165) is 55.2 Å². The first kappa shape index (κ1) is 20.7. The van der Waals surface area contributed by atoms with Crippen molar-refractivity contribution in [3.8, 4) is 0 Å². The predicted molar refractivity (Wildman–Crippen MR) is 121 cm³/mol. The summed E-state index contributed by atoms with van der Waals surface area (Å²) in [6.07, 6.45) is 4.35. The lowest BCUT2D eigenvalue weighted by Gasteiger charge is -2.38. The van der Waals surface area contributed by atoms with Crippen LogP contribution >= 0.6 is 11.6 Å². The number of hydrogen-bond donors (Lipinski definition) is 0. The smallest absolute Gasteiger partial charge is 0.294 e. The van der Waals surface area contributed by atoms with Crippen LogP contribution in [0.1, 0.15) is 41.4 Å². The normalized spacial score (nSPS) is 15.3. The quantitative estimate of drug-likeness (QED) is 0.503. The Kier molecular flexibility index (Phi) is 6.56. The minimum absolute atomic E-state index is 0.0752. The molecule has 0 aliphatic carbocycles. The Morgan fingerprint density at radius 3 is 2.43 bits per heavy atom. The van der Waals surface area contributed by atoms with Gasteiger partial charge in [-0.1, -0.05) is 48.9 Å². The first-order valence-corrected chi connectivity index (χ1v) is 10.9. The minimum Gasteiger partial charge on any atom is -0.459 e. The lowest BCUT2D eigenvalue weighted by atomic mass is 10.0. The molecule has 1 aliphatic rings. The first-order chi connectivity index (χ1) is 14.7. The second kappa shape index (κ2) is 9.50. The van der Waals surface area contributed by atoms with E-state index >= 15 is 0 Å². The lowest BCUT2D eigenvalue weighted by molar-refractivity contribution is 0.0932. The summed E-state index contributed by atoms with van der Waals surface area (Å²) in [4.78, 5) is 17.6. The van der Waals surface area contributed by atoms with Crippen LogP contribution in [0.3, 0.4) is 0 Å². The lowest BCUT2D eigenvalue weighted by Crippen LogP contribution is -2.47. The predicted octanol–water partition coefficient (Wildman–Crippen LogP) is 5.81. The summed E-state index contributed by atoms with van der Waals surface area (Å²) in [6, 6.07) is 19.9. The molecule has 4 rings (SSSR count). The zero-order valence-corrected chi connectivity index (χ0v) is 18.0. The number of hydrogen-bond acceptors (Lipinski definition) is 3.